The lowest BCUT2D eigenvalue weighted by Crippen LogP contribution is -2.34. The van der Waals surface area contributed by atoms with Crippen molar-refractivity contribution in [1.82, 2.24) is 10.6 Å². The molecule has 0 aromatic carbocycles. The van der Waals surface area contributed by atoms with E-state index in [1.54, 1.807) is 0 Å². The van der Waals surface area contributed by atoms with Gasteiger partial charge in [0, 0.05) is 13.0 Å². The zero-order valence-corrected chi connectivity index (χ0v) is 8.64. The predicted molar refractivity (Wildman–Crippen MR) is 54.6 cm³/mol. The summed E-state index contributed by atoms with van der Waals surface area (Å²) in [4.78, 5) is 21.4. The maximum absolute atomic E-state index is 11.0. The van der Waals surface area contributed by atoms with Gasteiger partial charge in [0.1, 0.15) is 0 Å². The topological polar surface area (TPSA) is 84.2 Å². The van der Waals surface area contributed by atoms with Gasteiger partial charge >= 0.3 is 0 Å². The maximum Gasteiger partial charge on any atom is 0.233 e. The van der Waals surface area contributed by atoms with E-state index in [1.165, 1.54) is 0 Å². The fourth-order valence-corrected chi connectivity index (χ4v) is 0.953. The van der Waals surface area contributed by atoms with E-state index in [4.69, 9.17) is 5.73 Å². The maximum atomic E-state index is 11.0. The van der Waals surface area contributed by atoms with Crippen LogP contribution in [-0.2, 0) is 9.59 Å². The average molecular weight is 201 g/mol. The number of unbranched alkanes of at least 4 members (excludes halogenated alkanes) is 1. The molecule has 0 aliphatic rings. The highest BCUT2D eigenvalue weighted by molar-refractivity contribution is 5.77. The summed E-state index contributed by atoms with van der Waals surface area (Å²) in [6.45, 7) is 3.69. The number of rotatable bonds is 8. The van der Waals surface area contributed by atoms with Gasteiger partial charge in [0.25, 0.3) is 0 Å². The second-order valence-corrected chi connectivity index (χ2v) is 3.05. The van der Waals surface area contributed by atoms with Gasteiger partial charge < -0.3 is 16.4 Å². The number of nitrogens with two attached hydrogens (primary N) is 1. The molecule has 0 radical (unpaired) electrons. The van der Waals surface area contributed by atoms with E-state index in [2.05, 4.69) is 10.6 Å². The van der Waals surface area contributed by atoms with Crippen LogP contribution < -0.4 is 16.4 Å². The highest BCUT2D eigenvalue weighted by Crippen LogP contribution is 1.91. The van der Waals surface area contributed by atoms with Crippen LogP contribution >= 0.6 is 0 Å². The zero-order chi connectivity index (χ0) is 10.8. The first-order chi connectivity index (χ1) is 6.66. The van der Waals surface area contributed by atoms with Gasteiger partial charge in [0.15, 0.2) is 0 Å². The van der Waals surface area contributed by atoms with E-state index < -0.39 is 0 Å². The first kappa shape index (κ1) is 12.9. The second kappa shape index (κ2) is 8.50. The second-order valence-electron chi connectivity index (χ2n) is 3.05. The molecule has 0 atom stereocenters. The molecular weight excluding hydrogens is 182 g/mol. The number of carbonyl (C=O) groups excluding carboxylic acids is 2. The summed E-state index contributed by atoms with van der Waals surface area (Å²) in [5, 5.41) is 5.66. The number of likely N-dealkylation sites (N-methyl/N-ethyl adjacent to an activating group) is 1. The van der Waals surface area contributed by atoms with Gasteiger partial charge in [-0.2, -0.15) is 0 Å². The Hall–Kier alpha value is -1.10. The van der Waals surface area contributed by atoms with Crippen molar-refractivity contribution in [2.24, 2.45) is 5.73 Å². The number of primary amides is 1. The Morgan fingerprint density at radius 1 is 1.29 bits per heavy atom. The van der Waals surface area contributed by atoms with Gasteiger partial charge in [-0.1, -0.05) is 6.92 Å². The zero-order valence-electron chi connectivity index (χ0n) is 8.64. The van der Waals surface area contributed by atoms with Crippen LogP contribution in [-0.4, -0.2) is 31.4 Å². The number of hydrogen-bond acceptors (Lipinski definition) is 3. The van der Waals surface area contributed by atoms with Crippen molar-refractivity contribution in [2.75, 3.05) is 19.6 Å². The first-order valence-corrected chi connectivity index (χ1v) is 4.92. The minimum Gasteiger partial charge on any atom is -0.370 e. The molecule has 4 N–H and O–H groups in total. The lowest BCUT2D eigenvalue weighted by molar-refractivity contribution is -0.120. The highest BCUT2D eigenvalue weighted by Gasteiger charge is 1.98. The summed E-state index contributed by atoms with van der Waals surface area (Å²) in [5.74, 6) is -0.296. The third kappa shape index (κ3) is 8.99. The standard InChI is InChI=1S/C9H19N3O2/c1-2-11-7-9(14)12-6-4-3-5-8(10)13/h11H,2-7H2,1H3,(H2,10,13)(H,12,14). The summed E-state index contributed by atoms with van der Waals surface area (Å²) >= 11 is 0. The van der Waals surface area contributed by atoms with Crippen molar-refractivity contribution in [3.05, 3.63) is 0 Å². The van der Waals surface area contributed by atoms with Gasteiger partial charge in [0.2, 0.25) is 11.8 Å². The third-order valence-electron chi connectivity index (χ3n) is 1.71. The van der Waals surface area contributed by atoms with Crippen LogP contribution in [0.25, 0.3) is 0 Å². The Kier molecular flexibility index (Phi) is 7.83. The van der Waals surface area contributed by atoms with Gasteiger partial charge in [-0.15, -0.1) is 0 Å². The molecular formula is C9H19N3O2. The molecule has 2 amide bonds. The van der Waals surface area contributed by atoms with E-state index >= 15 is 0 Å². The largest absolute Gasteiger partial charge is 0.370 e. The molecule has 5 nitrogen and oxygen atoms in total. The Bertz CT molecular complexity index is 183. The van der Waals surface area contributed by atoms with Crippen LogP contribution in [0.5, 0.6) is 0 Å². The number of nitrogens with one attached hydrogen (secondary N) is 2. The van der Waals surface area contributed by atoms with Crippen LogP contribution in [0.1, 0.15) is 26.2 Å². The van der Waals surface area contributed by atoms with Crippen molar-refractivity contribution in [2.45, 2.75) is 26.2 Å². The quantitative estimate of drug-likeness (QED) is 0.457. The molecule has 0 saturated heterocycles. The molecule has 0 aromatic rings. The molecule has 82 valence electrons. The average Bonchev–Trinajstić information content (AvgIpc) is 2.13. The molecule has 0 unspecified atom stereocenters. The molecule has 0 aromatic heterocycles. The SMILES string of the molecule is CCNCC(=O)NCCCCC(N)=O. The number of carbonyl (C=O) groups is 2. The van der Waals surface area contributed by atoms with Crippen molar-refractivity contribution in [3.63, 3.8) is 0 Å². The van der Waals surface area contributed by atoms with Crippen molar-refractivity contribution >= 4 is 11.8 Å². The molecule has 0 saturated carbocycles. The van der Waals surface area contributed by atoms with E-state index in [0.29, 0.717) is 19.5 Å². The van der Waals surface area contributed by atoms with Gasteiger partial charge in [-0.05, 0) is 19.4 Å². The van der Waals surface area contributed by atoms with E-state index in [0.717, 1.165) is 19.4 Å². The summed E-state index contributed by atoms with van der Waals surface area (Å²) in [6, 6.07) is 0. The summed E-state index contributed by atoms with van der Waals surface area (Å²) in [7, 11) is 0. The highest BCUT2D eigenvalue weighted by atomic mass is 16.2. The van der Waals surface area contributed by atoms with Gasteiger partial charge in [-0.25, -0.2) is 0 Å². The lowest BCUT2D eigenvalue weighted by atomic mass is 10.2. The Labute approximate surface area is 84.4 Å². The molecule has 0 fully saturated rings. The van der Waals surface area contributed by atoms with Gasteiger partial charge in [0.05, 0.1) is 6.54 Å². The van der Waals surface area contributed by atoms with E-state index in [9.17, 15) is 9.59 Å². The Morgan fingerprint density at radius 2 is 2.00 bits per heavy atom. The third-order valence-corrected chi connectivity index (χ3v) is 1.71. The monoisotopic (exact) mass is 201 g/mol. The molecule has 0 aliphatic heterocycles. The number of hydrogen-bond donors (Lipinski definition) is 3. The van der Waals surface area contributed by atoms with E-state index in [-0.39, 0.29) is 11.8 Å². The normalized spacial score (nSPS) is 9.79. The van der Waals surface area contributed by atoms with E-state index in [1.807, 2.05) is 6.92 Å². The Morgan fingerprint density at radius 3 is 2.57 bits per heavy atom. The van der Waals surface area contributed by atoms with Crippen molar-refractivity contribution < 1.29 is 9.59 Å². The molecule has 14 heavy (non-hydrogen) atoms. The summed E-state index contributed by atoms with van der Waals surface area (Å²) in [6.07, 6.45) is 1.92. The fraction of sp³-hybridized carbons (Fsp3) is 0.778. The van der Waals surface area contributed by atoms with Crippen LogP contribution in [0.15, 0.2) is 0 Å². The van der Waals surface area contributed by atoms with Crippen LogP contribution in [0.2, 0.25) is 0 Å². The number of amides is 2. The minimum absolute atomic E-state index is 0.00840. The van der Waals surface area contributed by atoms with Crippen molar-refractivity contribution in [1.29, 1.82) is 0 Å². The molecule has 0 aliphatic carbocycles. The fourth-order valence-electron chi connectivity index (χ4n) is 0.953. The summed E-state index contributed by atoms with van der Waals surface area (Å²) in [5.41, 5.74) is 4.96. The van der Waals surface area contributed by atoms with Crippen LogP contribution in [0.3, 0.4) is 0 Å². The first-order valence-electron chi connectivity index (χ1n) is 4.92. The predicted octanol–water partition coefficient (Wildman–Crippen LogP) is -0.632. The molecule has 0 rings (SSSR count). The van der Waals surface area contributed by atoms with Crippen LogP contribution in [0, 0.1) is 0 Å². The molecule has 0 bridgehead atoms. The molecule has 0 spiro atoms. The lowest BCUT2D eigenvalue weighted by Gasteiger charge is -2.04. The van der Waals surface area contributed by atoms with Gasteiger partial charge in [-0.3, -0.25) is 9.59 Å². The summed E-state index contributed by atoms with van der Waals surface area (Å²) < 4.78 is 0. The van der Waals surface area contributed by atoms with Crippen LogP contribution in [0.4, 0.5) is 0 Å². The molecule has 5 heteroatoms. The molecule has 0 heterocycles. The smallest absolute Gasteiger partial charge is 0.233 e. The van der Waals surface area contributed by atoms with Crippen molar-refractivity contribution in [3.8, 4) is 0 Å². The Balaban J connectivity index is 3.19. The minimum atomic E-state index is -0.288.